The molecule has 1 aromatic heterocycles. The summed E-state index contributed by atoms with van der Waals surface area (Å²) in [4.78, 5) is 25.3. The lowest BCUT2D eigenvalue weighted by Gasteiger charge is -2.11. The van der Waals surface area contributed by atoms with E-state index in [4.69, 9.17) is 9.47 Å². The Labute approximate surface area is 170 Å². The van der Waals surface area contributed by atoms with Gasteiger partial charge in [-0.3, -0.25) is 4.79 Å². The van der Waals surface area contributed by atoms with Crippen molar-refractivity contribution in [2.45, 2.75) is 39.7 Å². The second kappa shape index (κ2) is 9.87. The average molecular weight is 394 g/mol. The van der Waals surface area contributed by atoms with Crippen LogP contribution >= 0.6 is 0 Å². The first kappa shape index (κ1) is 20.6. The molecule has 0 fully saturated rings. The van der Waals surface area contributed by atoms with Gasteiger partial charge in [-0.05, 0) is 31.5 Å². The van der Waals surface area contributed by atoms with Crippen LogP contribution in [-0.4, -0.2) is 29.0 Å². The first-order chi connectivity index (χ1) is 14.1. The minimum atomic E-state index is -0.557. The number of unbranched alkanes of at least 4 members (excludes halogenated alkanes) is 2. The van der Waals surface area contributed by atoms with Crippen molar-refractivity contribution in [3.63, 3.8) is 0 Å². The fourth-order valence-corrected chi connectivity index (χ4v) is 3.05. The number of ether oxygens (including phenoxy) is 2. The van der Waals surface area contributed by atoms with Crippen molar-refractivity contribution in [2.24, 2.45) is 0 Å². The standard InChI is InChI=1S/C23H26N2O4/c1-3-4-7-14-25-22(26)20-9-6-5-8-19(20)21(24-25)23(27)29-16-15-28-18-12-10-17(2)11-13-18/h5-6,8-13H,3-4,7,14-16H2,1-2H3. The van der Waals surface area contributed by atoms with E-state index in [0.29, 0.717) is 17.3 Å². The summed E-state index contributed by atoms with van der Waals surface area (Å²) >= 11 is 0. The van der Waals surface area contributed by atoms with Gasteiger partial charge in [0.25, 0.3) is 5.56 Å². The highest BCUT2D eigenvalue weighted by molar-refractivity contribution is 6.02. The van der Waals surface area contributed by atoms with Crippen molar-refractivity contribution in [2.75, 3.05) is 13.2 Å². The zero-order chi connectivity index (χ0) is 20.6. The van der Waals surface area contributed by atoms with Crippen molar-refractivity contribution >= 4 is 16.7 Å². The quantitative estimate of drug-likeness (QED) is 0.403. The zero-order valence-electron chi connectivity index (χ0n) is 16.9. The van der Waals surface area contributed by atoms with Crippen LogP contribution in [0.4, 0.5) is 0 Å². The number of nitrogens with zero attached hydrogens (tertiary/aromatic N) is 2. The second-order valence-corrected chi connectivity index (χ2v) is 6.93. The van der Waals surface area contributed by atoms with Crippen molar-refractivity contribution in [3.8, 4) is 5.75 Å². The third-order valence-corrected chi connectivity index (χ3v) is 4.64. The van der Waals surface area contributed by atoms with E-state index in [9.17, 15) is 9.59 Å². The summed E-state index contributed by atoms with van der Waals surface area (Å²) in [6.45, 7) is 4.91. The molecule has 6 nitrogen and oxygen atoms in total. The van der Waals surface area contributed by atoms with Crippen LogP contribution in [0.15, 0.2) is 53.3 Å². The number of esters is 1. The predicted octanol–water partition coefficient (Wildman–Crippen LogP) is 4.13. The number of fused-ring (bicyclic) bond motifs is 1. The summed E-state index contributed by atoms with van der Waals surface area (Å²) in [7, 11) is 0. The molecule has 0 saturated heterocycles. The largest absolute Gasteiger partial charge is 0.490 e. The molecule has 0 bridgehead atoms. The molecule has 0 aliphatic rings. The minimum absolute atomic E-state index is 0.0949. The summed E-state index contributed by atoms with van der Waals surface area (Å²) in [6.07, 6.45) is 2.87. The number of rotatable bonds is 9. The Hall–Kier alpha value is -3.15. The number of aromatic nitrogens is 2. The number of carbonyl (C=O) groups is 1. The fraction of sp³-hybridized carbons (Fsp3) is 0.348. The molecule has 0 spiro atoms. The number of carbonyl (C=O) groups excluding carboxylic acids is 1. The van der Waals surface area contributed by atoms with E-state index in [-0.39, 0.29) is 24.5 Å². The second-order valence-electron chi connectivity index (χ2n) is 6.93. The summed E-state index contributed by atoms with van der Waals surface area (Å²) in [5.41, 5.74) is 1.12. The SMILES string of the molecule is CCCCCn1nc(C(=O)OCCOc2ccc(C)cc2)c2ccccc2c1=O. The van der Waals surface area contributed by atoms with E-state index < -0.39 is 5.97 Å². The van der Waals surface area contributed by atoms with Gasteiger partial charge in [0.05, 0.1) is 5.39 Å². The summed E-state index contributed by atoms with van der Waals surface area (Å²) < 4.78 is 12.3. The van der Waals surface area contributed by atoms with Gasteiger partial charge >= 0.3 is 5.97 Å². The molecule has 0 radical (unpaired) electrons. The van der Waals surface area contributed by atoms with Gasteiger partial charge in [-0.1, -0.05) is 55.7 Å². The lowest BCUT2D eigenvalue weighted by Crippen LogP contribution is -2.27. The van der Waals surface area contributed by atoms with Crippen LogP contribution in [-0.2, 0) is 11.3 Å². The van der Waals surface area contributed by atoms with Crippen LogP contribution in [0.1, 0.15) is 42.2 Å². The molecule has 0 N–H and O–H groups in total. The molecule has 0 saturated carbocycles. The molecule has 0 aliphatic heterocycles. The summed E-state index contributed by atoms with van der Waals surface area (Å²) in [5.74, 6) is 0.164. The van der Waals surface area contributed by atoms with E-state index in [1.54, 1.807) is 24.3 Å². The number of benzene rings is 2. The average Bonchev–Trinajstić information content (AvgIpc) is 2.74. The van der Waals surface area contributed by atoms with Gasteiger partial charge in [0.1, 0.15) is 19.0 Å². The smallest absolute Gasteiger partial charge is 0.359 e. The third kappa shape index (κ3) is 5.22. The molecule has 1 heterocycles. The van der Waals surface area contributed by atoms with Crippen LogP contribution < -0.4 is 10.3 Å². The molecule has 152 valence electrons. The Kier molecular flexibility index (Phi) is 7.00. The summed E-state index contributed by atoms with van der Waals surface area (Å²) in [6, 6.07) is 14.7. The first-order valence-electron chi connectivity index (χ1n) is 9.96. The molecule has 0 aliphatic carbocycles. The monoisotopic (exact) mass is 394 g/mol. The number of hydrogen-bond donors (Lipinski definition) is 0. The molecular weight excluding hydrogens is 368 g/mol. The van der Waals surface area contributed by atoms with Gasteiger partial charge < -0.3 is 9.47 Å². The first-order valence-corrected chi connectivity index (χ1v) is 9.96. The van der Waals surface area contributed by atoms with Gasteiger partial charge in [-0.2, -0.15) is 5.10 Å². The lowest BCUT2D eigenvalue weighted by atomic mass is 10.1. The maximum Gasteiger partial charge on any atom is 0.359 e. The molecule has 3 aromatic rings. The lowest BCUT2D eigenvalue weighted by molar-refractivity contribution is 0.0443. The van der Waals surface area contributed by atoms with E-state index in [1.807, 2.05) is 31.2 Å². The van der Waals surface area contributed by atoms with Crippen molar-refractivity contribution in [3.05, 3.63) is 70.1 Å². The van der Waals surface area contributed by atoms with Gasteiger partial charge in [-0.25, -0.2) is 9.48 Å². The molecule has 3 rings (SSSR count). The van der Waals surface area contributed by atoms with Crippen LogP contribution in [0.5, 0.6) is 5.75 Å². The molecule has 29 heavy (non-hydrogen) atoms. The third-order valence-electron chi connectivity index (χ3n) is 4.64. The maximum atomic E-state index is 12.7. The Balaban J connectivity index is 1.71. The van der Waals surface area contributed by atoms with Gasteiger partial charge in [0, 0.05) is 11.9 Å². The summed E-state index contributed by atoms with van der Waals surface area (Å²) in [5, 5.41) is 5.29. The molecule has 2 aromatic carbocycles. The van der Waals surface area contributed by atoms with Gasteiger partial charge in [0.15, 0.2) is 5.69 Å². The molecule has 0 unspecified atom stereocenters. The van der Waals surface area contributed by atoms with E-state index in [1.165, 1.54) is 4.68 Å². The Bertz CT molecular complexity index is 1030. The highest BCUT2D eigenvalue weighted by Gasteiger charge is 2.17. The Morgan fingerprint density at radius 3 is 2.45 bits per heavy atom. The molecule has 6 heteroatoms. The van der Waals surface area contributed by atoms with Crippen molar-refractivity contribution < 1.29 is 14.3 Å². The van der Waals surface area contributed by atoms with Crippen LogP contribution in [0.25, 0.3) is 10.8 Å². The minimum Gasteiger partial charge on any atom is -0.490 e. The molecule has 0 amide bonds. The van der Waals surface area contributed by atoms with E-state index in [0.717, 1.165) is 30.6 Å². The van der Waals surface area contributed by atoms with Crippen LogP contribution in [0, 0.1) is 6.92 Å². The van der Waals surface area contributed by atoms with Crippen molar-refractivity contribution in [1.29, 1.82) is 0 Å². The number of aryl methyl sites for hydroxylation is 2. The van der Waals surface area contributed by atoms with E-state index in [2.05, 4.69) is 12.0 Å². The zero-order valence-corrected chi connectivity index (χ0v) is 16.9. The van der Waals surface area contributed by atoms with Crippen LogP contribution in [0.3, 0.4) is 0 Å². The van der Waals surface area contributed by atoms with Gasteiger partial charge in [-0.15, -0.1) is 0 Å². The molecule has 0 atom stereocenters. The highest BCUT2D eigenvalue weighted by Crippen LogP contribution is 2.15. The predicted molar refractivity (Wildman–Crippen MR) is 112 cm³/mol. The normalized spacial score (nSPS) is 10.8. The number of hydrogen-bond acceptors (Lipinski definition) is 5. The Morgan fingerprint density at radius 2 is 1.72 bits per heavy atom. The molecular formula is C23H26N2O4. The van der Waals surface area contributed by atoms with Crippen molar-refractivity contribution in [1.82, 2.24) is 9.78 Å². The fourth-order valence-electron chi connectivity index (χ4n) is 3.05. The van der Waals surface area contributed by atoms with Crippen LogP contribution in [0.2, 0.25) is 0 Å². The van der Waals surface area contributed by atoms with E-state index >= 15 is 0 Å². The highest BCUT2D eigenvalue weighted by atomic mass is 16.6. The topological polar surface area (TPSA) is 70.4 Å². The maximum absolute atomic E-state index is 12.7. The Morgan fingerprint density at radius 1 is 1.00 bits per heavy atom. The van der Waals surface area contributed by atoms with Gasteiger partial charge in [0.2, 0.25) is 0 Å².